The fourth-order valence-corrected chi connectivity index (χ4v) is 6.53. The van der Waals surface area contributed by atoms with Crippen LogP contribution in [0, 0.1) is 0 Å². The van der Waals surface area contributed by atoms with Gasteiger partial charge >= 0.3 is 0 Å². The van der Waals surface area contributed by atoms with Crippen LogP contribution < -0.4 is 5.32 Å². The predicted octanol–water partition coefficient (Wildman–Crippen LogP) is 4.13. The average Bonchev–Trinajstić information content (AvgIpc) is 3.12. The van der Waals surface area contributed by atoms with Crippen molar-refractivity contribution in [3.05, 3.63) is 51.2 Å². The van der Waals surface area contributed by atoms with Crippen LogP contribution in [0.3, 0.4) is 0 Å². The van der Waals surface area contributed by atoms with E-state index in [1.807, 2.05) is 12.1 Å². The van der Waals surface area contributed by atoms with Gasteiger partial charge in [-0.1, -0.05) is 30.2 Å². The lowest BCUT2D eigenvalue weighted by atomic mass is 10.2. The Morgan fingerprint density at radius 1 is 1.11 bits per heavy atom. The number of thiophene rings is 1. The Hall–Kier alpha value is -1.06. The van der Waals surface area contributed by atoms with Gasteiger partial charge in [0, 0.05) is 30.3 Å². The zero-order valence-electron chi connectivity index (χ0n) is 15.4. The van der Waals surface area contributed by atoms with Gasteiger partial charge in [-0.3, -0.25) is 4.79 Å². The molecule has 0 atom stereocenters. The molecule has 1 N–H and O–H groups in total. The van der Waals surface area contributed by atoms with Crippen LogP contribution in [-0.4, -0.2) is 37.5 Å². The molecule has 3 rings (SSSR count). The maximum absolute atomic E-state index is 12.6. The Morgan fingerprint density at radius 3 is 2.46 bits per heavy atom. The van der Waals surface area contributed by atoms with Gasteiger partial charge in [-0.25, -0.2) is 8.42 Å². The summed E-state index contributed by atoms with van der Waals surface area (Å²) in [7, 11) is -3.41. The van der Waals surface area contributed by atoms with Crippen molar-refractivity contribution < 1.29 is 13.2 Å². The molecule has 5 nitrogen and oxygen atoms in total. The first-order chi connectivity index (χ1) is 13.4. The lowest BCUT2D eigenvalue weighted by Crippen LogP contribution is -2.35. The molecule has 1 aliphatic heterocycles. The summed E-state index contributed by atoms with van der Waals surface area (Å²) in [6, 6.07) is 10.6. The first kappa shape index (κ1) is 21.6. The summed E-state index contributed by atoms with van der Waals surface area (Å²) < 4.78 is 27.6. The Kier molecular flexibility index (Phi) is 7.82. The SMILES string of the molecule is O=C(CSCc1ccc(Cl)s1)NCc1ccc(S(=O)(=O)N2CCCCC2)cc1. The molecule has 0 saturated carbocycles. The second-order valence-corrected chi connectivity index (χ2v) is 11.3. The Morgan fingerprint density at radius 2 is 1.82 bits per heavy atom. The standard InChI is InChI=1S/C19H23ClN2O3S3/c20-18-9-6-16(27-18)13-26-14-19(23)21-12-15-4-7-17(8-5-15)28(24,25)22-10-2-1-3-11-22/h4-9H,1-3,10-14H2,(H,21,23). The number of carbonyl (C=O) groups excluding carboxylic acids is 1. The highest BCUT2D eigenvalue weighted by Crippen LogP contribution is 2.25. The van der Waals surface area contributed by atoms with Gasteiger partial charge < -0.3 is 5.32 Å². The van der Waals surface area contributed by atoms with Crippen molar-refractivity contribution in [2.45, 2.75) is 36.5 Å². The molecule has 152 valence electrons. The number of amides is 1. The number of thioether (sulfide) groups is 1. The number of carbonyl (C=O) groups is 1. The van der Waals surface area contributed by atoms with Crippen molar-refractivity contribution in [1.82, 2.24) is 9.62 Å². The fraction of sp³-hybridized carbons (Fsp3) is 0.421. The number of nitrogens with zero attached hydrogens (tertiary/aromatic N) is 1. The van der Waals surface area contributed by atoms with Crippen molar-refractivity contribution in [1.29, 1.82) is 0 Å². The molecule has 28 heavy (non-hydrogen) atoms. The van der Waals surface area contributed by atoms with Crippen molar-refractivity contribution in [2.24, 2.45) is 0 Å². The van der Waals surface area contributed by atoms with Crippen LogP contribution in [0.25, 0.3) is 0 Å². The summed E-state index contributed by atoms with van der Waals surface area (Å²) in [4.78, 5) is 13.4. The molecular weight excluding hydrogens is 436 g/mol. The van der Waals surface area contributed by atoms with Crippen LogP contribution in [0.1, 0.15) is 29.7 Å². The molecule has 1 fully saturated rings. The number of nitrogens with one attached hydrogen (secondary N) is 1. The van der Waals surface area contributed by atoms with E-state index >= 15 is 0 Å². The van der Waals surface area contributed by atoms with Crippen molar-refractivity contribution in [3.8, 4) is 0 Å². The zero-order chi connectivity index (χ0) is 20.0. The third kappa shape index (κ3) is 5.97. The number of hydrogen-bond acceptors (Lipinski definition) is 5. The minimum Gasteiger partial charge on any atom is -0.351 e. The molecule has 0 aliphatic carbocycles. The van der Waals surface area contributed by atoms with Gasteiger partial charge in [-0.2, -0.15) is 4.31 Å². The quantitative estimate of drug-likeness (QED) is 0.646. The topological polar surface area (TPSA) is 66.5 Å². The van der Waals surface area contributed by atoms with E-state index in [4.69, 9.17) is 11.6 Å². The highest BCUT2D eigenvalue weighted by atomic mass is 35.5. The van der Waals surface area contributed by atoms with Gasteiger partial charge in [0.15, 0.2) is 0 Å². The second-order valence-electron chi connectivity index (χ2n) is 6.58. The second kappa shape index (κ2) is 10.1. The van der Waals surface area contributed by atoms with Crippen molar-refractivity contribution >= 4 is 50.6 Å². The fourth-order valence-electron chi connectivity index (χ4n) is 2.96. The van der Waals surface area contributed by atoms with Crippen LogP contribution >= 0.6 is 34.7 Å². The summed E-state index contributed by atoms with van der Waals surface area (Å²) >= 11 is 8.96. The minimum atomic E-state index is -3.41. The van der Waals surface area contributed by atoms with Crippen molar-refractivity contribution in [2.75, 3.05) is 18.8 Å². The Labute approximate surface area is 179 Å². The number of halogens is 1. The Bertz CT molecular complexity index is 891. The first-order valence-electron chi connectivity index (χ1n) is 9.13. The molecule has 1 aromatic heterocycles. The molecule has 1 saturated heterocycles. The average molecular weight is 459 g/mol. The number of sulfonamides is 1. The van der Waals surface area contributed by atoms with E-state index in [2.05, 4.69) is 5.32 Å². The van der Waals surface area contributed by atoms with Crippen LogP contribution in [0.5, 0.6) is 0 Å². The molecule has 2 aromatic rings. The van der Waals surface area contributed by atoms with Crippen LogP contribution in [-0.2, 0) is 27.1 Å². The summed E-state index contributed by atoms with van der Waals surface area (Å²) in [5.74, 6) is 1.09. The molecule has 1 aromatic carbocycles. The van der Waals surface area contributed by atoms with Gasteiger partial charge in [0.2, 0.25) is 15.9 Å². The molecule has 0 bridgehead atoms. The summed E-state index contributed by atoms with van der Waals surface area (Å²) in [5, 5.41) is 2.87. The summed E-state index contributed by atoms with van der Waals surface area (Å²) in [5.41, 5.74) is 0.876. The third-order valence-electron chi connectivity index (χ3n) is 4.47. The third-order valence-corrected chi connectivity index (χ3v) is 8.78. The zero-order valence-corrected chi connectivity index (χ0v) is 18.6. The number of hydrogen-bond donors (Lipinski definition) is 1. The molecule has 1 aliphatic rings. The van der Waals surface area contributed by atoms with Crippen LogP contribution in [0.4, 0.5) is 0 Å². The van der Waals surface area contributed by atoms with E-state index in [1.165, 1.54) is 23.1 Å². The van der Waals surface area contributed by atoms with Crippen LogP contribution in [0.2, 0.25) is 4.34 Å². The summed E-state index contributed by atoms with van der Waals surface area (Å²) in [6.45, 7) is 1.57. The predicted molar refractivity (Wildman–Crippen MR) is 116 cm³/mol. The van der Waals surface area contributed by atoms with E-state index in [9.17, 15) is 13.2 Å². The number of rotatable bonds is 8. The van der Waals surface area contributed by atoms with Gasteiger partial charge in [-0.15, -0.1) is 23.1 Å². The van der Waals surface area contributed by atoms with Gasteiger partial charge in [0.25, 0.3) is 0 Å². The van der Waals surface area contributed by atoms with Crippen LogP contribution in [0.15, 0.2) is 41.3 Å². The van der Waals surface area contributed by atoms with Gasteiger partial charge in [0.1, 0.15) is 0 Å². The van der Waals surface area contributed by atoms with E-state index in [-0.39, 0.29) is 5.91 Å². The normalized spacial score (nSPS) is 15.5. The monoisotopic (exact) mass is 458 g/mol. The maximum Gasteiger partial charge on any atom is 0.243 e. The number of piperidine rings is 1. The Balaban J connectivity index is 1.45. The number of benzene rings is 1. The molecular formula is C19H23ClN2O3S3. The van der Waals surface area contributed by atoms with E-state index in [1.54, 1.807) is 28.6 Å². The smallest absolute Gasteiger partial charge is 0.243 e. The maximum atomic E-state index is 12.6. The van der Waals surface area contributed by atoms with Gasteiger partial charge in [0.05, 0.1) is 15.0 Å². The lowest BCUT2D eigenvalue weighted by molar-refractivity contribution is -0.118. The highest BCUT2D eigenvalue weighted by Gasteiger charge is 2.25. The molecule has 0 unspecified atom stereocenters. The molecule has 1 amide bonds. The molecule has 9 heteroatoms. The van der Waals surface area contributed by atoms with E-state index in [0.717, 1.165) is 39.8 Å². The lowest BCUT2D eigenvalue weighted by Gasteiger charge is -2.25. The molecule has 2 heterocycles. The van der Waals surface area contributed by atoms with E-state index in [0.29, 0.717) is 30.3 Å². The van der Waals surface area contributed by atoms with E-state index < -0.39 is 10.0 Å². The first-order valence-corrected chi connectivity index (χ1v) is 12.9. The molecule has 0 radical (unpaired) electrons. The molecule has 0 spiro atoms. The van der Waals surface area contributed by atoms with Crippen molar-refractivity contribution in [3.63, 3.8) is 0 Å². The van der Waals surface area contributed by atoms with Gasteiger partial charge in [-0.05, 0) is 42.7 Å². The minimum absolute atomic E-state index is 0.0438. The highest BCUT2D eigenvalue weighted by molar-refractivity contribution is 7.99. The largest absolute Gasteiger partial charge is 0.351 e. The summed E-state index contributed by atoms with van der Waals surface area (Å²) in [6.07, 6.45) is 2.92.